The van der Waals surface area contributed by atoms with Gasteiger partial charge in [-0.15, -0.1) is 24.8 Å². The van der Waals surface area contributed by atoms with Gasteiger partial charge in [0.05, 0.1) is 11.6 Å². The fourth-order valence-corrected chi connectivity index (χ4v) is 1.46. The van der Waals surface area contributed by atoms with Crippen molar-refractivity contribution >= 4 is 42.3 Å². The molecule has 0 saturated heterocycles. The zero-order valence-corrected chi connectivity index (χ0v) is 13.8. The molecule has 1 aromatic heterocycles. The molecule has 0 fully saturated rings. The fourth-order valence-electron chi connectivity index (χ4n) is 1.35. The molecular weight excluding hydrogens is 325 g/mol. The van der Waals surface area contributed by atoms with Gasteiger partial charge in [-0.05, 0) is 13.1 Å². The Hall–Kier alpha value is -0.750. The third kappa shape index (κ3) is 8.43. The number of rotatable bonds is 7. The Labute approximate surface area is 136 Å². The standard InChI is InChI=1S/C12H18ClN3O2.2ClH/c1-9(7-14-2)12(17)15-5-6-18-11-4-3-10(13)8-16-11;;/h3-4,8-9,14H,5-7H2,1-2H3,(H,15,17);2*1H. The Kier molecular flexibility index (Phi) is 13.0. The molecule has 0 bridgehead atoms. The predicted octanol–water partition coefficient (Wildman–Crippen LogP) is 1.93. The summed E-state index contributed by atoms with van der Waals surface area (Å²) >= 11 is 5.70. The van der Waals surface area contributed by atoms with Crippen molar-refractivity contribution < 1.29 is 9.53 Å². The number of aromatic nitrogens is 1. The molecule has 1 atom stereocenters. The molecule has 116 valence electrons. The van der Waals surface area contributed by atoms with Gasteiger partial charge in [0.2, 0.25) is 11.8 Å². The normalized spacial score (nSPS) is 10.8. The number of amides is 1. The van der Waals surface area contributed by atoms with Gasteiger partial charge in [-0.1, -0.05) is 18.5 Å². The van der Waals surface area contributed by atoms with Crippen molar-refractivity contribution in [2.24, 2.45) is 5.92 Å². The summed E-state index contributed by atoms with van der Waals surface area (Å²) < 4.78 is 5.35. The highest BCUT2D eigenvalue weighted by molar-refractivity contribution is 6.30. The molecule has 0 radical (unpaired) electrons. The summed E-state index contributed by atoms with van der Waals surface area (Å²) in [5, 5.41) is 6.31. The molecule has 2 N–H and O–H groups in total. The van der Waals surface area contributed by atoms with Crippen molar-refractivity contribution in [1.82, 2.24) is 15.6 Å². The second-order valence-corrected chi connectivity index (χ2v) is 4.35. The summed E-state index contributed by atoms with van der Waals surface area (Å²) in [6.07, 6.45) is 1.52. The van der Waals surface area contributed by atoms with Crippen LogP contribution >= 0.6 is 36.4 Å². The molecule has 0 spiro atoms. The molecular formula is C12H20Cl3N3O2. The number of halogens is 3. The van der Waals surface area contributed by atoms with E-state index in [0.717, 1.165) is 0 Å². The van der Waals surface area contributed by atoms with Crippen LogP contribution in [0, 0.1) is 5.92 Å². The average molecular weight is 345 g/mol. The minimum absolute atomic E-state index is 0. The van der Waals surface area contributed by atoms with Crippen LogP contribution in [0.3, 0.4) is 0 Å². The van der Waals surface area contributed by atoms with Crippen LogP contribution in [0.5, 0.6) is 5.88 Å². The first-order valence-electron chi connectivity index (χ1n) is 5.80. The lowest BCUT2D eigenvalue weighted by Gasteiger charge is -2.11. The Bertz CT molecular complexity index is 377. The minimum Gasteiger partial charge on any atom is -0.476 e. The van der Waals surface area contributed by atoms with Crippen molar-refractivity contribution in [2.45, 2.75) is 6.92 Å². The Morgan fingerprint density at radius 3 is 2.70 bits per heavy atom. The summed E-state index contributed by atoms with van der Waals surface area (Å²) in [6, 6.07) is 3.39. The van der Waals surface area contributed by atoms with Crippen molar-refractivity contribution in [3.05, 3.63) is 23.4 Å². The van der Waals surface area contributed by atoms with E-state index in [4.69, 9.17) is 16.3 Å². The van der Waals surface area contributed by atoms with Crippen LogP contribution in [-0.2, 0) is 4.79 Å². The van der Waals surface area contributed by atoms with E-state index in [1.54, 1.807) is 12.1 Å². The summed E-state index contributed by atoms with van der Waals surface area (Å²) in [6.45, 7) is 3.36. The molecule has 1 aromatic rings. The molecule has 1 unspecified atom stereocenters. The van der Waals surface area contributed by atoms with E-state index in [-0.39, 0.29) is 36.6 Å². The minimum atomic E-state index is -0.0522. The molecule has 0 aliphatic heterocycles. The Balaban J connectivity index is 0. The molecule has 5 nitrogen and oxygen atoms in total. The van der Waals surface area contributed by atoms with Gasteiger partial charge in [-0.3, -0.25) is 4.79 Å². The number of ether oxygens (including phenoxy) is 1. The van der Waals surface area contributed by atoms with Gasteiger partial charge in [0, 0.05) is 24.7 Å². The second kappa shape index (κ2) is 12.0. The average Bonchev–Trinajstić information content (AvgIpc) is 2.36. The van der Waals surface area contributed by atoms with E-state index < -0.39 is 0 Å². The molecule has 1 amide bonds. The Morgan fingerprint density at radius 2 is 2.15 bits per heavy atom. The van der Waals surface area contributed by atoms with E-state index in [2.05, 4.69) is 15.6 Å². The molecule has 0 aliphatic rings. The summed E-state index contributed by atoms with van der Waals surface area (Å²) in [5.74, 6) is 0.456. The summed E-state index contributed by atoms with van der Waals surface area (Å²) in [5.41, 5.74) is 0. The smallest absolute Gasteiger partial charge is 0.224 e. The van der Waals surface area contributed by atoms with Gasteiger partial charge in [0.1, 0.15) is 6.61 Å². The summed E-state index contributed by atoms with van der Waals surface area (Å²) in [7, 11) is 1.82. The van der Waals surface area contributed by atoms with Crippen LogP contribution in [0.4, 0.5) is 0 Å². The lowest BCUT2D eigenvalue weighted by atomic mass is 10.1. The number of carbonyl (C=O) groups excluding carboxylic acids is 1. The fraction of sp³-hybridized carbons (Fsp3) is 0.500. The molecule has 20 heavy (non-hydrogen) atoms. The highest BCUT2D eigenvalue weighted by Gasteiger charge is 2.10. The molecule has 0 aromatic carbocycles. The highest BCUT2D eigenvalue weighted by atomic mass is 35.5. The van der Waals surface area contributed by atoms with Crippen LogP contribution in [-0.4, -0.2) is 37.6 Å². The largest absolute Gasteiger partial charge is 0.476 e. The molecule has 0 aliphatic carbocycles. The van der Waals surface area contributed by atoms with E-state index >= 15 is 0 Å². The zero-order valence-electron chi connectivity index (χ0n) is 11.4. The monoisotopic (exact) mass is 343 g/mol. The van der Waals surface area contributed by atoms with Crippen LogP contribution in [0.2, 0.25) is 5.02 Å². The number of hydrogen-bond acceptors (Lipinski definition) is 4. The van der Waals surface area contributed by atoms with E-state index in [9.17, 15) is 4.79 Å². The van der Waals surface area contributed by atoms with Crippen molar-refractivity contribution in [2.75, 3.05) is 26.7 Å². The van der Waals surface area contributed by atoms with Gasteiger partial charge in [0.25, 0.3) is 0 Å². The van der Waals surface area contributed by atoms with Crippen LogP contribution in [0.1, 0.15) is 6.92 Å². The van der Waals surface area contributed by atoms with E-state index in [0.29, 0.717) is 30.6 Å². The number of pyridine rings is 1. The van der Waals surface area contributed by atoms with Gasteiger partial charge in [0.15, 0.2) is 0 Å². The number of nitrogens with one attached hydrogen (secondary N) is 2. The maximum Gasteiger partial charge on any atom is 0.224 e. The first-order chi connectivity index (χ1) is 8.63. The van der Waals surface area contributed by atoms with Crippen molar-refractivity contribution in [3.8, 4) is 5.88 Å². The maximum absolute atomic E-state index is 11.5. The zero-order chi connectivity index (χ0) is 13.4. The third-order valence-electron chi connectivity index (χ3n) is 2.31. The van der Waals surface area contributed by atoms with E-state index in [1.807, 2.05) is 14.0 Å². The summed E-state index contributed by atoms with van der Waals surface area (Å²) in [4.78, 5) is 15.5. The lowest BCUT2D eigenvalue weighted by molar-refractivity contribution is -0.124. The topological polar surface area (TPSA) is 63.2 Å². The highest BCUT2D eigenvalue weighted by Crippen LogP contribution is 2.10. The number of carbonyl (C=O) groups is 1. The van der Waals surface area contributed by atoms with Crippen molar-refractivity contribution in [3.63, 3.8) is 0 Å². The number of nitrogens with zero attached hydrogens (tertiary/aromatic N) is 1. The van der Waals surface area contributed by atoms with Gasteiger partial charge < -0.3 is 15.4 Å². The third-order valence-corrected chi connectivity index (χ3v) is 2.53. The molecule has 0 saturated carbocycles. The maximum atomic E-state index is 11.5. The first kappa shape index (κ1) is 21.5. The second-order valence-electron chi connectivity index (χ2n) is 3.91. The SMILES string of the molecule is CNCC(C)C(=O)NCCOc1ccc(Cl)cn1.Cl.Cl. The lowest BCUT2D eigenvalue weighted by Crippen LogP contribution is -2.36. The van der Waals surface area contributed by atoms with Crippen LogP contribution < -0.4 is 15.4 Å². The molecule has 1 rings (SSSR count). The van der Waals surface area contributed by atoms with Gasteiger partial charge in [-0.2, -0.15) is 0 Å². The quantitative estimate of drug-likeness (QED) is 0.742. The van der Waals surface area contributed by atoms with Crippen LogP contribution in [0.25, 0.3) is 0 Å². The molecule has 8 heteroatoms. The van der Waals surface area contributed by atoms with E-state index in [1.165, 1.54) is 6.20 Å². The molecule has 1 heterocycles. The predicted molar refractivity (Wildman–Crippen MR) is 85.3 cm³/mol. The first-order valence-corrected chi connectivity index (χ1v) is 6.18. The number of hydrogen-bond donors (Lipinski definition) is 2. The van der Waals surface area contributed by atoms with Gasteiger partial charge >= 0.3 is 0 Å². The van der Waals surface area contributed by atoms with Crippen molar-refractivity contribution in [1.29, 1.82) is 0 Å². The van der Waals surface area contributed by atoms with Crippen LogP contribution in [0.15, 0.2) is 18.3 Å². The van der Waals surface area contributed by atoms with Gasteiger partial charge in [-0.25, -0.2) is 4.98 Å². The Morgan fingerprint density at radius 1 is 1.45 bits per heavy atom.